The third-order valence-electron chi connectivity index (χ3n) is 8.43. The monoisotopic (exact) mass is 644 g/mol. The Balaban J connectivity index is 1.45. The van der Waals surface area contributed by atoms with E-state index in [9.17, 15) is 4.79 Å². The van der Waals surface area contributed by atoms with Crippen molar-refractivity contribution < 1.29 is 19.0 Å². The SMILES string of the molecule is COc1cccc(OC)c1-c1nn(COCC[Si](C)(C)C)c2ncc(-c3cccc(C(=O)N4CCN(CCN(C)C)CC4)c3)cc12. The standard InChI is InChI=1S/C35H48N6O4Si/c1-38(2)14-15-39-16-18-40(19-17-39)35(42)27-11-8-10-26(22-27)28-23-29-33(32-30(43-3)12-9-13-31(32)44-4)37-41(34(29)36-24-28)25-45-20-21-46(5,6)7/h8-13,22-24H,14-21,25H2,1-7H3. The molecule has 0 unspecified atom stereocenters. The van der Waals surface area contributed by atoms with Gasteiger partial charge in [0.15, 0.2) is 5.65 Å². The highest BCUT2D eigenvalue weighted by Gasteiger charge is 2.24. The molecule has 3 heterocycles. The first-order chi connectivity index (χ1) is 22.1. The Kier molecular flexibility index (Phi) is 10.8. The van der Waals surface area contributed by atoms with Gasteiger partial charge < -0.3 is 24.0 Å². The lowest BCUT2D eigenvalue weighted by Crippen LogP contribution is -2.49. The molecule has 0 bridgehead atoms. The molecule has 2 aromatic heterocycles. The Morgan fingerprint density at radius 2 is 1.63 bits per heavy atom. The Bertz CT molecular complexity index is 1620. The van der Waals surface area contributed by atoms with Crippen LogP contribution >= 0.6 is 0 Å². The fourth-order valence-electron chi connectivity index (χ4n) is 5.64. The molecule has 1 amide bonds. The summed E-state index contributed by atoms with van der Waals surface area (Å²) in [4.78, 5) is 25.0. The number of aromatic nitrogens is 3. The number of fused-ring (bicyclic) bond motifs is 1. The third kappa shape index (κ3) is 7.95. The topological polar surface area (TPSA) is 85.2 Å². The largest absolute Gasteiger partial charge is 0.496 e. The molecule has 11 heteroatoms. The van der Waals surface area contributed by atoms with E-state index < -0.39 is 8.07 Å². The first-order valence-electron chi connectivity index (χ1n) is 16.0. The average Bonchev–Trinajstić information content (AvgIpc) is 3.42. The average molecular weight is 645 g/mol. The summed E-state index contributed by atoms with van der Waals surface area (Å²) in [5, 5.41) is 5.84. The van der Waals surface area contributed by atoms with Gasteiger partial charge in [0.2, 0.25) is 0 Å². The molecule has 0 aliphatic carbocycles. The van der Waals surface area contributed by atoms with Crippen molar-refractivity contribution >= 4 is 25.0 Å². The van der Waals surface area contributed by atoms with Crippen LogP contribution in [0.2, 0.25) is 25.7 Å². The van der Waals surface area contributed by atoms with E-state index in [4.69, 9.17) is 24.3 Å². The molecule has 0 spiro atoms. The van der Waals surface area contributed by atoms with E-state index >= 15 is 0 Å². The van der Waals surface area contributed by atoms with Crippen molar-refractivity contribution in [2.45, 2.75) is 32.4 Å². The van der Waals surface area contributed by atoms with Gasteiger partial charge in [0.05, 0.1) is 19.8 Å². The Morgan fingerprint density at radius 3 is 2.28 bits per heavy atom. The molecule has 46 heavy (non-hydrogen) atoms. The second kappa shape index (κ2) is 14.8. The molecule has 2 aromatic carbocycles. The molecule has 10 nitrogen and oxygen atoms in total. The number of rotatable bonds is 13. The predicted octanol–water partition coefficient (Wildman–Crippen LogP) is 5.41. The van der Waals surface area contributed by atoms with Crippen LogP contribution in [-0.2, 0) is 11.5 Å². The van der Waals surface area contributed by atoms with Crippen LogP contribution in [0.3, 0.4) is 0 Å². The van der Waals surface area contributed by atoms with E-state index in [0.29, 0.717) is 35.0 Å². The fourth-order valence-corrected chi connectivity index (χ4v) is 6.39. The van der Waals surface area contributed by atoms with Crippen LogP contribution in [-0.4, -0.2) is 118 Å². The first kappa shape index (κ1) is 33.6. The molecular weight excluding hydrogens is 597 g/mol. The van der Waals surface area contributed by atoms with Gasteiger partial charge in [0.25, 0.3) is 5.91 Å². The quantitative estimate of drug-likeness (QED) is 0.141. The summed E-state index contributed by atoms with van der Waals surface area (Å²) >= 11 is 0. The second-order valence-electron chi connectivity index (χ2n) is 13.3. The lowest BCUT2D eigenvalue weighted by atomic mass is 10.0. The van der Waals surface area contributed by atoms with E-state index in [2.05, 4.69) is 49.6 Å². The Hall–Kier alpha value is -3.77. The summed E-state index contributed by atoms with van der Waals surface area (Å²) in [7, 11) is 6.24. The van der Waals surface area contributed by atoms with Crippen molar-refractivity contribution in [3.05, 3.63) is 60.3 Å². The van der Waals surface area contributed by atoms with E-state index in [0.717, 1.165) is 67.4 Å². The zero-order chi connectivity index (χ0) is 32.8. The number of ether oxygens (including phenoxy) is 3. The summed E-state index contributed by atoms with van der Waals surface area (Å²) in [6.07, 6.45) is 1.85. The number of benzene rings is 2. The Labute approximate surface area is 273 Å². The molecule has 1 aliphatic heterocycles. The van der Waals surface area contributed by atoms with Gasteiger partial charge in [-0.1, -0.05) is 37.8 Å². The summed E-state index contributed by atoms with van der Waals surface area (Å²) < 4.78 is 19.4. The maximum atomic E-state index is 13.6. The molecule has 0 radical (unpaired) electrons. The van der Waals surface area contributed by atoms with Crippen molar-refractivity contribution in [3.63, 3.8) is 0 Å². The molecule has 1 fully saturated rings. The van der Waals surface area contributed by atoms with Crippen LogP contribution in [0.5, 0.6) is 11.5 Å². The lowest BCUT2D eigenvalue weighted by molar-refractivity contribution is 0.0629. The smallest absolute Gasteiger partial charge is 0.253 e. The molecule has 246 valence electrons. The van der Waals surface area contributed by atoms with Crippen LogP contribution in [0.1, 0.15) is 10.4 Å². The van der Waals surface area contributed by atoms with Gasteiger partial charge in [-0.15, -0.1) is 0 Å². The van der Waals surface area contributed by atoms with E-state index in [1.165, 1.54) is 0 Å². The van der Waals surface area contributed by atoms with Gasteiger partial charge >= 0.3 is 0 Å². The number of carbonyl (C=O) groups is 1. The maximum absolute atomic E-state index is 13.6. The molecule has 1 saturated heterocycles. The van der Waals surface area contributed by atoms with Crippen molar-refractivity contribution in [2.75, 3.05) is 74.2 Å². The van der Waals surface area contributed by atoms with Crippen LogP contribution < -0.4 is 9.47 Å². The maximum Gasteiger partial charge on any atom is 0.253 e. The number of piperazine rings is 1. The van der Waals surface area contributed by atoms with Crippen LogP contribution in [0.15, 0.2) is 54.7 Å². The zero-order valence-corrected chi connectivity index (χ0v) is 29.4. The number of pyridine rings is 1. The number of carbonyl (C=O) groups excluding carboxylic acids is 1. The van der Waals surface area contributed by atoms with Crippen molar-refractivity contribution in [2.24, 2.45) is 0 Å². The van der Waals surface area contributed by atoms with Gasteiger partial charge in [-0.25, -0.2) is 9.67 Å². The van der Waals surface area contributed by atoms with Gasteiger partial charge in [0, 0.05) is 76.7 Å². The van der Waals surface area contributed by atoms with Gasteiger partial charge in [0.1, 0.15) is 23.9 Å². The number of hydrogen-bond acceptors (Lipinski definition) is 8. The molecule has 0 saturated carbocycles. The van der Waals surface area contributed by atoms with Crippen molar-refractivity contribution in [1.82, 2.24) is 29.5 Å². The summed E-state index contributed by atoms with van der Waals surface area (Å²) in [6, 6.07) is 16.7. The number of likely N-dealkylation sites (N-methyl/N-ethyl adjacent to an activating group) is 1. The predicted molar refractivity (Wildman–Crippen MR) is 187 cm³/mol. The normalized spacial score (nSPS) is 14.3. The highest BCUT2D eigenvalue weighted by Crippen LogP contribution is 2.41. The minimum atomic E-state index is -1.23. The summed E-state index contributed by atoms with van der Waals surface area (Å²) in [6.45, 7) is 13.3. The minimum Gasteiger partial charge on any atom is -0.496 e. The number of methoxy groups -OCH3 is 2. The zero-order valence-electron chi connectivity index (χ0n) is 28.4. The number of hydrogen-bond donors (Lipinski definition) is 0. The van der Waals surface area contributed by atoms with Crippen LogP contribution in [0.4, 0.5) is 0 Å². The molecule has 1 aliphatic rings. The van der Waals surface area contributed by atoms with E-state index in [-0.39, 0.29) is 12.6 Å². The molecular formula is C35H48N6O4Si. The first-order valence-corrected chi connectivity index (χ1v) is 19.7. The Morgan fingerprint density at radius 1 is 0.935 bits per heavy atom. The van der Waals surface area contributed by atoms with Crippen LogP contribution in [0, 0.1) is 0 Å². The minimum absolute atomic E-state index is 0.0610. The molecule has 0 N–H and O–H groups in total. The van der Waals surface area contributed by atoms with Gasteiger partial charge in [-0.3, -0.25) is 9.69 Å². The fraction of sp³-hybridized carbons (Fsp3) is 0.457. The molecule has 5 rings (SSSR count). The summed E-state index contributed by atoms with van der Waals surface area (Å²) in [5.74, 6) is 1.38. The summed E-state index contributed by atoms with van der Waals surface area (Å²) in [5.41, 5.74) is 4.65. The van der Waals surface area contributed by atoms with Gasteiger partial charge in [-0.2, -0.15) is 5.10 Å². The molecule has 0 atom stereocenters. The number of amides is 1. The van der Waals surface area contributed by atoms with Crippen LogP contribution in [0.25, 0.3) is 33.4 Å². The lowest BCUT2D eigenvalue weighted by Gasteiger charge is -2.35. The second-order valence-corrected chi connectivity index (χ2v) is 19.0. The van der Waals surface area contributed by atoms with Gasteiger partial charge in [-0.05, 0) is 56.0 Å². The highest BCUT2D eigenvalue weighted by molar-refractivity contribution is 6.76. The van der Waals surface area contributed by atoms with Crippen molar-refractivity contribution in [1.29, 1.82) is 0 Å². The highest BCUT2D eigenvalue weighted by atomic mass is 28.3. The van der Waals surface area contributed by atoms with E-state index in [1.807, 2.05) is 58.2 Å². The van der Waals surface area contributed by atoms with E-state index in [1.54, 1.807) is 14.2 Å². The molecule has 4 aromatic rings. The number of nitrogens with zero attached hydrogens (tertiary/aromatic N) is 6. The van der Waals surface area contributed by atoms with Crippen molar-refractivity contribution in [3.8, 4) is 33.9 Å². The third-order valence-corrected chi connectivity index (χ3v) is 10.1.